The maximum atomic E-state index is 11.4. The second-order valence-electron chi connectivity index (χ2n) is 1.08. The first kappa shape index (κ1) is 7.46. The molecule has 0 fully saturated rings. The molecule has 0 aromatic heterocycles. The third kappa shape index (κ3) is 1.95. The predicted octanol–water partition coefficient (Wildman–Crippen LogP) is 2.08. The van der Waals surface area contributed by atoms with Gasteiger partial charge in [0.1, 0.15) is 13.3 Å². The van der Waals surface area contributed by atoms with Gasteiger partial charge in [-0.3, -0.25) is 0 Å². The van der Waals surface area contributed by atoms with E-state index in [1.165, 1.54) is 0 Å². The van der Waals surface area contributed by atoms with Crippen molar-refractivity contribution in [1.29, 1.82) is 0 Å². The van der Waals surface area contributed by atoms with E-state index in [1.54, 1.807) is 0 Å². The molecule has 0 aliphatic heterocycles. The van der Waals surface area contributed by atoms with Gasteiger partial charge in [-0.15, -0.1) is 0 Å². The van der Waals surface area contributed by atoms with Crippen LogP contribution in [-0.4, -0.2) is 13.3 Å². The van der Waals surface area contributed by atoms with Crippen molar-refractivity contribution in [3.63, 3.8) is 0 Å². The van der Waals surface area contributed by atoms with Crippen LogP contribution < -0.4 is 0 Å². The average molecular weight is 128 g/mol. The fourth-order valence-electron chi connectivity index (χ4n) is 0.145. The molecule has 0 bridgehead atoms. The summed E-state index contributed by atoms with van der Waals surface area (Å²) in [6.45, 7) is -3.15. The van der Waals surface area contributed by atoms with Crippen molar-refractivity contribution in [3.8, 4) is 0 Å². The SMILES string of the molecule is FCC(F)=C(F)CF. The van der Waals surface area contributed by atoms with Crippen LogP contribution >= 0.6 is 0 Å². The highest BCUT2D eigenvalue weighted by atomic mass is 19.2. The van der Waals surface area contributed by atoms with Crippen molar-refractivity contribution in [1.82, 2.24) is 0 Å². The van der Waals surface area contributed by atoms with Gasteiger partial charge in [-0.25, -0.2) is 17.6 Å². The van der Waals surface area contributed by atoms with Crippen molar-refractivity contribution in [2.45, 2.75) is 0 Å². The van der Waals surface area contributed by atoms with E-state index in [4.69, 9.17) is 0 Å². The van der Waals surface area contributed by atoms with Gasteiger partial charge in [-0.2, -0.15) is 0 Å². The van der Waals surface area contributed by atoms with Gasteiger partial charge in [0, 0.05) is 0 Å². The highest BCUT2D eigenvalue weighted by Crippen LogP contribution is 2.07. The van der Waals surface area contributed by atoms with Crippen molar-refractivity contribution in [2.24, 2.45) is 0 Å². The van der Waals surface area contributed by atoms with Crippen molar-refractivity contribution >= 4 is 0 Å². The molecule has 0 rings (SSSR count). The molecular weight excluding hydrogens is 124 g/mol. The Hall–Kier alpha value is -0.540. The lowest BCUT2D eigenvalue weighted by atomic mass is 10.5. The third-order valence-corrected chi connectivity index (χ3v) is 0.529. The van der Waals surface area contributed by atoms with Gasteiger partial charge in [0.2, 0.25) is 0 Å². The number of alkyl halides is 2. The molecule has 0 aromatic rings. The summed E-state index contributed by atoms with van der Waals surface area (Å²) >= 11 is 0. The molecule has 0 atom stereocenters. The Balaban J connectivity index is 3.83. The van der Waals surface area contributed by atoms with Gasteiger partial charge in [0.05, 0.1) is 0 Å². The Kier molecular flexibility index (Phi) is 3.23. The summed E-state index contributed by atoms with van der Waals surface area (Å²) in [4.78, 5) is 0. The van der Waals surface area contributed by atoms with Gasteiger partial charge in [-0.05, 0) is 0 Å². The molecule has 0 nitrogen and oxygen atoms in total. The molecule has 0 N–H and O–H groups in total. The smallest absolute Gasteiger partial charge is 0.165 e. The molecule has 0 saturated heterocycles. The molecule has 8 heavy (non-hydrogen) atoms. The predicted molar refractivity (Wildman–Crippen MR) is 21.2 cm³/mol. The van der Waals surface area contributed by atoms with Gasteiger partial charge in [-0.1, -0.05) is 0 Å². The Morgan fingerprint density at radius 2 is 1.12 bits per heavy atom. The Bertz CT molecular complexity index is 84.2. The molecule has 4 heteroatoms. The molecule has 0 spiro atoms. The Labute approximate surface area is 43.8 Å². The molecule has 0 unspecified atom stereocenters. The van der Waals surface area contributed by atoms with E-state index in [0.29, 0.717) is 0 Å². The molecule has 48 valence electrons. The summed E-state index contributed by atoms with van der Waals surface area (Å²) in [6, 6.07) is 0. The minimum Gasteiger partial charge on any atom is -0.243 e. The highest BCUT2D eigenvalue weighted by molar-refractivity contribution is 4.99. The second-order valence-corrected chi connectivity index (χ2v) is 1.08. The molecule has 0 aliphatic rings. The minimum absolute atomic E-state index is 1.57. The topological polar surface area (TPSA) is 0 Å². The molecule has 0 aromatic carbocycles. The monoisotopic (exact) mass is 128 g/mol. The van der Waals surface area contributed by atoms with Crippen LogP contribution in [0.5, 0.6) is 0 Å². The lowest BCUT2D eigenvalue weighted by molar-refractivity contribution is 0.389. The van der Waals surface area contributed by atoms with Gasteiger partial charge >= 0.3 is 0 Å². The molecule has 0 saturated carbocycles. The van der Waals surface area contributed by atoms with Gasteiger partial charge in [0.25, 0.3) is 0 Å². The number of rotatable bonds is 2. The lowest BCUT2D eigenvalue weighted by Gasteiger charge is -1.86. The second kappa shape index (κ2) is 3.46. The standard InChI is InChI=1S/C4H4F4/c5-1-3(7)4(8)2-6/h1-2H2. The summed E-state index contributed by atoms with van der Waals surface area (Å²) < 4.78 is 44.8. The molecule has 0 radical (unpaired) electrons. The molecular formula is C4H4F4. The largest absolute Gasteiger partial charge is 0.243 e. The fraction of sp³-hybridized carbons (Fsp3) is 0.500. The number of halogens is 4. The summed E-state index contributed by atoms with van der Waals surface area (Å²) in [5.74, 6) is -3.32. The Morgan fingerprint density at radius 1 is 0.875 bits per heavy atom. The summed E-state index contributed by atoms with van der Waals surface area (Å²) in [6.07, 6.45) is 0. The van der Waals surface area contributed by atoms with Crippen molar-refractivity contribution in [3.05, 3.63) is 11.7 Å². The summed E-state index contributed by atoms with van der Waals surface area (Å²) in [5.41, 5.74) is 0. The van der Waals surface area contributed by atoms with Crippen LogP contribution in [0, 0.1) is 0 Å². The quantitative estimate of drug-likeness (QED) is 0.499. The van der Waals surface area contributed by atoms with E-state index < -0.39 is 25.0 Å². The molecule has 0 heterocycles. The summed E-state index contributed by atoms with van der Waals surface area (Å²) in [5, 5.41) is 0. The highest BCUT2D eigenvalue weighted by Gasteiger charge is 2.02. The first-order valence-corrected chi connectivity index (χ1v) is 1.87. The summed E-state index contributed by atoms with van der Waals surface area (Å²) in [7, 11) is 0. The number of hydrogen-bond donors (Lipinski definition) is 0. The van der Waals surface area contributed by atoms with Crippen molar-refractivity contribution < 1.29 is 17.6 Å². The number of allylic oxidation sites excluding steroid dienone is 2. The Morgan fingerprint density at radius 3 is 1.25 bits per heavy atom. The van der Waals surface area contributed by atoms with E-state index in [-0.39, 0.29) is 0 Å². The third-order valence-electron chi connectivity index (χ3n) is 0.529. The van der Waals surface area contributed by atoms with E-state index in [2.05, 4.69) is 0 Å². The number of hydrogen-bond acceptors (Lipinski definition) is 0. The maximum Gasteiger partial charge on any atom is 0.165 e. The van der Waals surface area contributed by atoms with Crippen LogP contribution in [0.3, 0.4) is 0 Å². The van der Waals surface area contributed by atoms with Gasteiger partial charge < -0.3 is 0 Å². The normalized spacial score (nSPS) is 13.5. The van der Waals surface area contributed by atoms with Crippen molar-refractivity contribution in [2.75, 3.05) is 13.3 Å². The zero-order valence-corrected chi connectivity index (χ0v) is 3.93. The van der Waals surface area contributed by atoms with Crippen LogP contribution in [-0.2, 0) is 0 Å². The zero-order chi connectivity index (χ0) is 6.57. The molecule has 0 amide bonds. The van der Waals surface area contributed by atoms with E-state index in [1.807, 2.05) is 0 Å². The van der Waals surface area contributed by atoms with Crippen LogP contribution in [0.2, 0.25) is 0 Å². The van der Waals surface area contributed by atoms with Crippen LogP contribution in [0.25, 0.3) is 0 Å². The lowest BCUT2D eigenvalue weighted by Crippen LogP contribution is -1.83. The van der Waals surface area contributed by atoms with E-state index >= 15 is 0 Å². The fourth-order valence-corrected chi connectivity index (χ4v) is 0.145. The zero-order valence-electron chi connectivity index (χ0n) is 3.93. The average Bonchev–Trinajstić information content (AvgIpc) is 1.84. The maximum absolute atomic E-state index is 11.4. The van der Waals surface area contributed by atoms with E-state index in [9.17, 15) is 17.6 Å². The molecule has 0 aliphatic carbocycles. The first-order chi connectivity index (χ1) is 3.72. The van der Waals surface area contributed by atoms with Crippen LogP contribution in [0.15, 0.2) is 11.7 Å². The van der Waals surface area contributed by atoms with Crippen LogP contribution in [0.1, 0.15) is 0 Å². The minimum atomic E-state index is -1.66. The first-order valence-electron chi connectivity index (χ1n) is 1.87. The van der Waals surface area contributed by atoms with Gasteiger partial charge in [0.15, 0.2) is 11.7 Å². The van der Waals surface area contributed by atoms with E-state index in [0.717, 1.165) is 0 Å². The van der Waals surface area contributed by atoms with Crippen LogP contribution in [0.4, 0.5) is 17.6 Å².